The lowest BCUT2D eigenvalue weighted by molar-refractivity contribution is -0.129. The molecule has 28 heavy (non-hydrogen) atoms. The van der Waals surface area contributed by atoms with Crippen LogP contribution in [0.15, 0.2) is 35.6 Å². The molecule has 3 rings (SSSR count). The van der Waals surface area contributed by atoms with Gasteiger partial charge in [-0.1, -0.05) is 6.07 Å². The van der Waals surface area contributed by atoms with E-state index in [4.69, 9.17) is 0 Å². The fraction of sp³-hybridized carbons (Fsp3) is 0.222. The molecule has 2 aromatic carbocycles. The maximum absolute atomic E-state index is 14.4. The maximum Gasteiger partial charge on any atom is 0.256 e. The molecule has 1 aliphatic heterocycles. The lowest BCUT2D eigenvalue weighted by Crippen LogP contribution is -2.55. The van der Waals surface area contributed by atoms with Gasteiger partial charge in [0.25, 0.3) is 5.91 Å². The normalized spacial score (nSPS) is 13.6. The van der Waals surface area contributed by atoms with Crippen molar-refractivity contribution in [3.05, 3.63) is 63.8 Å². The molecule has 0 unspecified atom stereocenters. The Bertz CT molecular complexity index is 961. The summed E-state index contributed by atoms with van der Waals surface area (Å²) in [7, 11) is 0. The van der Waals surface area contributed by atoms with Gasteiger partial charge in [0.05, 0.1) is 28.1 Å². The molecule has 146 valence electrons. The average Bonchev–Trinajstić information content (AvgIpc) is 2.60. The van der Waals surface area contributed by atoms with Gasteiger partial charge in [0, 0.05) is 13.1 Å². The van der Waals surface area contributed by atoms with Crippen molar-refractivity contribution in [1.82, 2.24) is 10.3 Å². The number of halogens is 3. The number of anilines is 2. The Hall–Kier alpha value is -3.43. The number of hydrogen-bond donors (Lipinski definition) is 2. The monoisotopic (exact) mass is 392 g/mol. The molecule has 0 aromatic heterocycles. The van der Waals surface area contributed by atoms with Gasteiger partial charge in [0.1, 0.15) is 5.82 Å². The predicted octanol–water partition coefficient (Wildman–Crippen LogP) is 3.03. The summed E-state index contributed by atoms with van der Waals surface area (Å²) in [4.78, 5) is 35.4. The molecule has 1 aliphatic rings. The smallest absolute Gasteiger partial charge is 0.256 e. The summed E-state index contributed by atoms with van der Waals surface area (Å²) in [5, 5.41) is 4.72. The molecule has 1 heterocycles. The van der Waals surface area contributed by atoms with Gasteiger partial charge in [-0.25, -0.2) is 18.6 Å². The summed E-state index contributed by atoms with van der Waals surface area (Å²) in [6.07, 6.45) is 0. The zero-order valence-electron chi connectivity index (χ0n) is 14.6. The highest BCUT2D eigenvalue weighted by atomic mass is 19.2. The molecule has 0 radical (unpaired) electrons. The van der Waals surface area contributed by atoms with Crippen molar-refractivity contribution < 1.29 is 22.8 Å². The Morgan fingerprint density at radius 2 is 1.82 bits per heavy atom. The Kier molecular flexibility index (Phi) is 5.30. The van der Waals surface area contributed by atoms with Crippen LogP contribution in [0, 0.1) is 35.2 Å². The number of benzene rings is 2. The molecule has 10 heteroatoms. The second-order valence-corrected chi connectivity index (χ2v) is 6.37. The van der Waals surface area contributed by atoms with Gasteiger partial charge in [-0.2, -0.15) is 0 Å². The highest BCUT2D eigenvalue weighted by molar-refractivity contribution is 6.01. The number of nitroso groups, excluding NO2 is 1. The molecule has 0 bridgehead atoms. The number of amides is 2. The Labute approximate surface area is 157 Å². The molecule has 0 saturated carbocycles. The van der Waals surface area contributed by atoms with Crippen molar-refractivity contribution in [2.45, 2.75) is 6.92 Å². The van der Waals surface area contributed by atoms with Crippen molar-refractivity contribution >= 4 is 23.2 Å². The second kappa shape index (κ2) is 7.67. The van der Waals surface area contributed by atoms with Crippen molar-refractivity contribution in [1.29, 1.82) is 0 Å². The van der Waals surface area contributed by atoms with Crippen LogP contribution in [0.1, 0.15) is 15.9 Å². The lowest BCUT2D eigenvalue weighted by Gasteiger charge is -2.38. The fourth-order valence-electron chi connectivity index (χ4n) is 2.82. The van der Waals surface area contributed by atoms with Crippen LogP contribution in [0.5, 0.6) is 0 Å². The Balaban J connectivity index is 1.86. The van der Waals surface area contributed by atoms with Crippen molar-refractivity contribution in [2.24, 2.45) is 11.2 Å². The molecule has 2 aromatic rings. The fourth-order valence-corrected chi connectivity index (χ4v) is 2.82. The number of rotatable bonds is 5. The molecular weight excluding hydrogens is 377 g/mol. The van der Waals surface area contributed by atoms with E-state index in [2.05, 4.69) is 10.6 Å². The summed E-state index contributed by atoms with van der Waals surface area (Å²) in [5.74, 6) is -5.15. The van der Waals surface area contributed by atoms with Crippen LogP contribution in [0.2, 0.25) is 0 Å². The van der Waals surface area contributed by atoms with E-state index in [0.717, 1.165) is 12.1 Å². The number of aryl methyl sites for hydroxylation is 1. The summed E-state index contributed by atoms with van der Waals surface area (Å²) < 4.78 is 42.2. The lowest BCUT2D eigenvalue weighted by atomic mass is 9.97. The third-order valence-electron chi connectivity index (χ3n) is 4.40. The standard InChI is InChI=1S/C18H15F3N4O3/c1-9-2-5-14(13(20)6-9)22-16-11(3-4-12(19)15(16)21)18(27)25-7-10(8-25)17(26)23-24-28/h2-6,10,22H,7-8H2,1H3,(H,23,26,28). The number of carbonyl (C=O) groups excluding carboxylic acids is 2. The third-order valence-corrected chi connectivity index (χ3v) is 4.40. The second-order valence-electron chi connectivity index (χ2n) is 6.37. The first kappa shape index (κ1) is 19.3. The SMILES string of the molecule is Cc1ccc(Nc2c(C(=O)N3CC(C(=O)NN=O)C3)ccc(F)c2F)c(F)c1. The number of hydrogen-bond acceptors (Lipinski definition) is 5. The summed E-state index contributed by atoms with van der Waals surface area (Å²) in [6.45, 7) is 1.64. The van der Waals surface area contributed by atoms with Crippen molar-refractivity contribution in [3.8, 4) is 0 Å². The first-order chi connectivity index (χ1) is 13.3. The minimum absolute atomic E-state index is 0.0164. The summed E-state index contributed by atoms with van der Waals surface area (Å²) >= 11 is 0. The first-order valence-corrected chi connectivity index (χ1v) is 8.24. The van der Waals surface area contributed by atoms with E-state index in [1.165, 1.54) is 17.0 Å². The average molecular weight is 392 g/mol. The van der Waals surface area contributed by atoms with Crippen LogP contribution in [0.4, 0.5) is 24.5 Å². The quantitative estimate of drug-likeness (QED) is 0.605. The van der Waals surface area contributed by atoms with E-state index in [0.29, 0.717) is 5.56 Å². The van der Waals surface area contributed by atoms with Gasteiger partial charge in [-0.15, -0.1) is 4.91 Å². The van der Waals surface area contributed by atoms with Gasteiger partial charge in [-0.3, -0.25) is 9.59 Å². The highest BCUT2D eigenvalue weighted by Crippen LogP contribution is 2.30. The number of carbonyl (C=O) groups is 2. The van der Waals surface area contributed by atoms with Gasteiger partial charge in [-0.05, 0) is 36.8 Å². The van der Waals surface area contributed by atoms with Gasteiger partial charge < -0.3 is 10.2 Å². The van der Waals surface area contributed by atoms with Crippen LogP contribution < -0.4 is 10.7 Å². The predicted molar refractivity (Wildman–Crippen MR) is 94.1 cm³/mol. The zero-order valence-corrected chi connectivity index (χ0v) is 14.6. The largest absolute Gasteiger partial charge is 0.350 e. The van der Waals surface area contributed by atoms with E-state index in [9.17, 15) is 27.7 Å². The maximum atomic E-state index is 14.4. The summed E-state index contributed by atoms with van der Waals surface area (Å²) in [5.41, 5.74) is 1.54. The van der Waals surface area contributed by atoms with Crippen LogP contribution in [0.25, 0.3) is 0 Å². The van der Waals surface area contributed by atoms with Gasteiger partial charge in [0.15, 0.2) is 11.6 Å². The van der Waals surface area contributed by atoms with Crippen molar-refractivity contribution in [3.63, 3.8) is 0 Å². The number of likely N-dealkylation sites (tertiary alicyclic amines) is 1. The first-order valence-electron chi connectivity index (χ1n) is 8.24. The third kappa shape index (κ3) is 3.66. The van der Waals surface area contributed by atoms with Crippen molar-refractivity contribution in [2.75, 3.05) is 18.4 Å². The van der Waals surface area contributed by atoms with Gasteiger partial charge in [0.2, 0.25) is 5.91 Å². The molecule has 2 N–H and O–H groups in total. The summed E-state index contributed by atoms with van der Waals surface area (Å²) in [6, 6.07) is 6.00. The van der Waals surface area contributed by atoms with E-state index in [-0.39, 0.29) is 24.3 Å². The van der Waals surface area contributed by atoms with Gasteiger partial charge >= 0.3 is 0 Å². The molecule has 1 saturated heterocycles. The minimum Gasteiger partial charge on any atom is -0.350 e. The molecule has 2 amide bonds. The molecule has 1 fully saturated rings. The van der Waals surface area contributed by atoms with E-state index >= 15 is 0 Å². The van der Waals surface area contributed by atoms with Crippen LogP contribution in [0.3, 0.4) is 0 Å². The Morgan fingerprint density at radius 3 is 2.46 bits per heavy atom. The molecule has 7 nitrogen and oxygen atoms in total. The van der Waals surface area contributed by atoms with E-state index < -0.39 is 40.9 Å². The van der Waals surface area contributed by atoms with Crippen LogP contribution >= 0.6 is 0 Å². The molecule has 0 atom stereocenters. The molecule has 0 aliphatic carbocycles. The molecular formula is C18H15F3N4O3. The van der Waals surface area contributed by atoms with Crippen LogP contribution in [-0.2, 0) is 4.79 Å². The van der Waals surface area contributed by atoms with Crippen LogP contribution in [-0.4, -0.2) is 29.8 Å². The van der Waals surface area contributed by atoms with E-state index in [1.54, 1.807) is 18.4 Å². The Morgan fingerprint density at radius 1 is 1.11 bits per heavy atom. The molecule has 0 spiro atoms. The topological polar surface area (TPSA) is 90.9 Å². The number of nitrogens with one attached hydrogen (secondary N) is 2. The minimum atomic E-state index is -1.33. The highest BCUT2D eigenvalue weighted by Gasteiger charge is 2.37. The number of nitrogens with zero attached hydrogens (tertiary/aromatic N) is 2. The zero-order chi connectivity index (χ0) is 20.4. The van der Waals surface area contributed by atoms with E-state index in [1.807, 2.05) is 0 Å².